The highest BCUT2D eigenvalue weighted by Gasteiger charge is 2.35. The monoisotopic (exact) mass is 507 g/mol. The van der Waals surface area contributed by atoms with E-state index in [0.717, 1.165) is 15.1 Å². The van der Waals surface area contributed by atoms with Gasteiger partial charge in [0.1, 0.15) is 0 Å². The Bertz CT molecular complexity index is 1720. The number of rotatable bonds is 6. The van der Waals surface area contributed by atoms with E-state index in [1.165, 1.54) is 24.3 Å². The Morgan fingerprint density at radius 1 is 0.703 bits per heavy atom. The van der Waals surface area contributed by atoms with Crippen LogP contribution in [0.25, 0.3) is 10.8 Å². The van der Waals surface area contributed by atoms with Crippen LogP contribution in [0.5, 0.6) is 0 Å². The molecule has 0 aliphatic carbocycles. The minimum atomic E-state index is -4.49. The summed E-state index contributed by atoms with van der Waals surface area (Å²) in [5, 5.41) is 13.7. The van der Waals surface area contributed by atoms with Crippen LogP contribution in [-0.4, -0.2) is 19.2 Å². The van der Waals surface area contributed by atoms with Crippen LogP contribution in [0.4, 0.5) is 17.1 Å². The first-order valence-electron chi connectivity index (χ1n) is 11.4. The van der Waals surface area contributed by atoms with Gasteiger partial charge in [-0.05, 0) is 47.2 Å². The number of anilines is 1. The van der Waals surface area contributed by atoms with Gasteiger partial charge in [-0.25, -0.2) is 17.7 Å². The summed E-state index contributed by atoms with van der Waals surface area (Å²) in [6, 6.07) is 36.0. The number of hydrogen-bond donors (Lipinski definition) is 0. The lowest BCUT2D eigenvalue weighted by atomic mass is 10.1. The van der Waals surface area contributed by atoms with Crippen molar-refractivity contribution < 1.29 is 13.3 Å². The molecule has 0 aliphatic heterocycles. The van der Waals surface area contributed by atoms with Gasteiger partial charge in [0.05, 0.1) is 16.3 Å². The van der Waals surface area contributed by atoms with Crippen molar-refractivity contribution in [2.75, 3.05) is 4.31 Å². The number of hydrogen-bond acceptors (Lipinski definition) is 5. The molecule has 0 aromatic heterocycles. The Balaban J connectivity index is 1.82. The molecule has 5 rings (SSSR count). The van der Waals surface area contributed by atoms with E-state index >= 15 is 0 Å². The van der Waals surface area contributed by atoms with Crippen LogP contribution in [0.3, 0.4) is 0 Å². The third-order valence-electron chi connectivity index (χ3n) is 5.76. The molecule has 0 bridgehead atoms. The summed E-state index contributed by atoms with van der Waals surface area (Å²) in [5.74, 6) is 0.112. The van der Waals surface area contributed by atoms with E-state index in [9.17, 15) is 18.5 Å². The third kappa shape index (κ3) is 4.82. The maximum atomic E-state index is 14.3. The van der Waals surface area contributed by atoms with E-state index in [-0.39, 0.29) is 5.84 Å². The molecule has 0 saturated carbocycles. The van der Waals surface area contributed by atoms with E-state index in [2.05, 4.69) is 0 Å². The molecule has 0 spiro atoms. The largest absolute Gasteiger partial charge is 0.289 e. The van der Waals surface area contributed by atoms with Gasteiger partial charge in [-0.1, -0.05) is 84.9 Å². The van der Waals surface area contributed by atoms with Gasteiger partial charge in [-0.15, -0.1) is 0 Å². The van der Waals surface area contributed by atoms with Gasteiger partial charge < -0.3 is 0 Å². The lowest BCUT2D eigenvalue weighted by molar-refractivity contribution is -0.387. The number of aliphatic imine (C=N–C) groups is 1. The number of sulfonamides is 1. The molecule has 5 aromatic rings. The van der Waals surface area contributed by atoms with E-state index in [1.54, 1.807) is 60.7 Å². The first-order chi connectivity index (χ1) is 17.9. The van der Waals surface area contributed by atoms with Crippen LogP contribution in [0.1, 0.15) is 5.56 Å². The molecule has 0 radical (unpaired) electrons. The lowest BCUT2D eigenvalue weighted by Crippen LogP contribution is -2.38. The highest BCUT2D eigenvalue weighted by Crippen LogP contribution is 2.33. The molecular formula is C29H21N3O4S. The van der Waals surface area contributed by atoms with Crippen molar-refractivity contribution in [2.24, 2.45) is 4.99 Å². The summed E-state index contributed by atoms with van der Waals surface area (Å²) in [4.78, 5) is 15.4. The van der Waals surface area contributed by atoms with Crippen molar-refractivity contribution in [3.63, 3.8) is 0 Å². The zero-order valence-corrected chi connectivity index (χ0v) is 20.3. The van der Waals surface area contributed by atoms with Crippen LogP contribution in [0.15, 0.2) is 137 Å². The molecule has 0 N–H and O–H groups in total. The predicted molar refractivity (Wildman–Crippen MR) is 146 cm³/mol. The number of amidine groups is 1. The molecule has 0 saturated heterocycles. The number of para-hydroxylation sites is 3. The van der Waals surface area contributed by atoms with Crippen LogP contribution in [0.2, 0.25) is 0 Å². The van der Waals surface area contributed by atoms with E-state index in [0.29, 0.717) is 16.9 Å². The van der Waals surface area contributed by atoms with Gasteiger partial charge >= 0.3 is 0 Å². The maximum Gasteiger partial charge on any atom is 0.289 e. The maximum absolute atomic E-state index is 14.3. The fourth-order valence-corrected chi connectivity index (χ4v) is 5.67. The summed E-state index contributed by atoms with van der Waals surface area (Å²) in [7, 11) is -4.49. The Labute approximate surface area is 214 Å². The third-order valence-corrected chi connectivity index (χ3v) is 7.53. The van der Waals surface area contributed by atoms with Crippen LogP contribution >= 0.6 is 0 Å². The van der Waals surface area contributed by atoms with E-state index < -0.39 is 25.5 Å². The highest BCUT2D eigenvalue weighted by molar-refractivity contribution is 7.93. The molecular weight excluding hydrogens is 486 g/mol. The standard InChI is InChI=1S/C29H21N3O4S/c33-32(34)27-17-9-10-18-28(27)37(35,36)31(26-15-5-2-6-16-26)29(30-25-13-3-1-4-14-25)24-20-19-22-11-7-8-12-23(22)21-24/h1-21H. The van der Waals surface area contributed by atoms with Gasteiger partial charge in [0, 0.05) is 11.6 Å². The van der Waals surface area contributed by atoms with Crippen molar-refractivity contribution in [2.45, 2.75) is 4.90 Å². The SMILES string of the molecule is O=[N+]([O-])c1ccccc1S(=O)(=O)N(C(=Nc1ccccc1)c1ccc2ccccc2c1)c1ccccc1. The molecule has 5 aromatic carbocycles. The Morgan fingerprint density at radius 2 is 1.30 bits per heavy atom. The number of benzene rings is 5. The second-order valence-corrected chi connectivity index (χ2v) is 9.92. The van der Waals surface area contributed by atoms with Crippen molar-refractivity contribution in [3.05, 3.63) is 143 Å². The van der Waals surface area contributed by atoms with Crippen LogP contribution in [-0.2, 0) is 10.0 Å². The quantitative estimate of drug-likeness (QED) is 0.110. The van der Waals surface area contributed by atoms with Crippen LogP contribution < -0.4 is 4.31 Å². The second-order valence-electron chi connectivity index (χ2n) is 8.16. The molecule has 8 heteroatoms. The van der Waals surface area contributed by atoms with Gasteiger partial charge in [0.2, 0.25) is 0 Å². The molecule has 0 heterocycles. The van der Waals surface area contributed by atoms with Gasteiger partial charge in [0.25, 0.3) is 15.7 Å². The second kappa shape index (κ2) is 10.0. The summed E-state index contributed by atoms with van der Waals surface area (Å²) in [6.07, 6.45) is 0. The summed E-state index contributed by atoms with van der Waals surface area (Å²) >= 11 is 0. The highest BCUT2D eigenvalue weighted by atomic mass is 32.2. The molecule has 182 valence electrons. The van der Waals surface area contributed by atoms with Crippen molar-refractivity contribution in [1.82, 2.24) is 0 Å². The topological polar surface area (TPSA) is 92.9 Å². The Hall–Kier alpha value is -4.82. The average molecular weight is 508 g/mol. The Morgan fingerprint density at radius 3 is 2.00 bits per heavy atom. The first-order valence-corrected chi connectivity index (χ1v) is 12.9. The predicted octanol–water partition coefficient (Wildman–Crippen LogP) is 6.72. The van der Waals surface area contributed by atoms with Crippen molar-refractivity contribution >= 4 is 43.7 Å². The number of nitro benzene ring substituents is 1. The zero-order valence-electron chi connectivity index (χ0n) is 19.5. The molecule has 0 aliphatic rings. The van der Waals surface area contributed by atoms with Gasteiger partial charge in [-0.2, -0.15) is 0 Å². The minimum absolute atomic E-state index is 0.112. The zero-order chi connectivity index (χ0) is 25.8. The summed E-state index contributed by atoms with van der Waals surface area (Å²) in [6.45, 7) is 0. The van der Waals surface area contributed by atoms with Crippen molar-refractivity contribution in [1.29, 1.82) is 0 Å². The first kappa shape index (κ1) is 23.9. The van der Waals surface area contributed by atoms with E-state index in [1.807, 2.05) is 42.5 Å². The average Bonchev–Trinajstić information content (AvgIpc) is 2.93. The molecule has 0 amide bonds. The van der Waals surface area contributed by atoms with Crippen LogP contribution in [0, 0.1) is 10.1 Å². The van der Waals surface area contributed by atoms with Gasteiger partial charge in [-0.3, -0.25) is 10.1 Å². The number of fused-ring (bicyclic) bond motifs is 1. The van der Waals surface area contributed by atoms with Crippen molar-refractivity contribution in [3.8, 4) is 0 Å². The Kier molecular flexibility index (Phi) is 6.49. The normalized spacial score (nSPS) is 11.8. The molecule has 0 fully saturated rings. The van der Waals surface area contributed by atoms with E-state index in [4.69, 9.17) is 4.99 Å². The van der Waals surface area contributed by atoms with Gasteiger partial charge in [0.15, 0.2) is 10.7 Å². The fraction of sp³-hybridized carbons (Fsp3) is 0. The molecule has 0 unspecified atom stereocenters. The lowest BCUT2D eigenvalue weighted by Gasteiger charge is -2.26. The molecule has 0 atom stereocenters. The fourth-order valence-electron chi connectivity index (χ4n) is 4.04. The summed E-state index contributed by atoms with van der Waals surface area (Å²) in [5.41, 5.74) is 0.849. The summed E-state index contributed by atoms with van der Waals surface area (Å²) < 4.78 is 29.6. The number of nitro groups is 1. The minimum Gasteiger partial charge on any atom is -0.258 e. The smallest absolute Gasteiger partial charge is 0.258 e. The molecule has 37 heavy (non-hydrogen) atoms. The number of nitrogens with zero attached hydrogens (tertiary/aromatic N) is 3. The molecule has 7 nitrogen and oxygen atoms in total.